The third-order valence-corrected chi connectivity index (χ3v) is 4.41. The van der Waals surface area contributed by atoms with Crippen molar-refractivity contribution >= 4 is 23.2 Å². The maximum atomic E-state index is 12.3. The fourth-order valence-corrected chi connectivity index (χ4v) is 2.95. The van der Waals surface area contributed by atoms with E-state index >= 15 is 0 Å². The second kappa shape index (κ2) is 6.70. The molecule has 1 aromatic heterocycles. The molecule has 0 bridgehead atoms. The second-order valence-electron chi connectivity index (χ2n) is 5.24. The Bertz CT molecular complexity index is 669. The highest BCUT2D eigenvalue weighted by atomic mass is 32.1. The molecule has 2 N–H and O–H groups in total. The average molecular weight is 318 g/mol. The van der Waals surface area contributed by atoms with E-state index in [9.17, 15) is 14.7 Å². The van der Waals surface area contributed by atoms with Crippen LogP contribution in [0.5, 0.6) is 0 Å². The molecule has 2 rings (SSSR count). The van der Waals surface area contributed by atoms with Crippen molar-refractivity contribution in [3.05, 3.63) is 41.4 Å². The second-order valence-corrected chi connectivity index (χ2v) is 6.27. The Morgan fingerprint density at radius 1 is 1.32 bits per heavy atom. The van der Waals surface area contributed by atoms with Crippen LogP contribution in [0.25, 0.3) is 10.6 Å². The van der Waals surface area contributed by atoms with Crippen LogP contribution in [0, 0.1) is 0 Å². The van der Waals surface area contributed by atoms with Gasteiger partial charge < -0.3 is 10.4 Å². The Kier molecular flexibility index (Phi) is 4.92. The number of carboxylic acids is 1. The maximum Gasteiger partial charge on any atom is 0.329 e. The van der Waals surface area contributed by atoms with Gasteiger partial charge in [0.15, 0.2) is 0 Å². The molecule has 116 valence electrons. The first-order valence-electron chi connectivity index (χ1n) is 7.03. The zero-order chi connectivity index (χ0) is 16.2. The number of aromatic nitrogens is 1. The monoisotopic (exact) mass is 318 g/mol. The van der Waals surface area contributed by atoms with Crippen molar-refractivity contribution in [3.8, 4) is 10.6 Å². The van der Waals surface area contributed by atoms with E-state index in [2.05, 4.69) is 10.3 Å². The van der Waals surface area contributed by atoms with E-state index in [0.717, 1.165) is 10.6 Å². The standard InChI is InChI=1S/C16H18N2O3S/c1-3-9-16(2,15(20)21)18-13(19)12-10-17-14(22-12)11-7-5-4-6-8-11/h4-8,10H,3,9H2,1-2H3,(H,18,19)(H,20,21). The van der Waals surface area contributed by atoms with Gasteiger partial charge in [-0.3, -0.25) is 4.79 Å². The number of carbonyl (C=O) groups excluding carboxylic acids is 1. The summed E-state index contributed by atoms with van der Waals surface area (Å²) in [5, 5.41) is 12.7. The lowest BCUT2D eigenvalue weighted by molar-refractivity contribution is -0.144. The molecule has 0 saturated carbocycles. The van der Waals surface area contributed by atoms with Crippen molar-refractivity contribution < 1.29 is 14.7 Å². The first kappa shape index (κ1) is 16.2. The van der Waals surface area contributed by atoms with Crippen molar-refractivity contribution in [2.24, 2.45) is 0 Å². The van der Waals surface area contributed by atoms with Crippen molar-refractivity contribution in [1.82, 2.24) is 10.3 Å². The topological polar surface area (TPSA) is 79.3 Å². The smallest absolute Gasteiger partial charge is 0.329 e. The van der Waals surface area contributed by atoms with Gasteiger partial charge in [0.2, 0.25) is 0 Å². The minimum atomic E-state index is -1.26. The summed E-state index contributed by atoms with van der Waals surface area (Å²) < 4.78 is 0. The van der Waals surface area contributed by atoms with Gasteiger partial charge in [-0.15, -0.1) is 11.3 Å². The molecule has 1 atom stereocenters. The van der Waals surface area contributed by atoms with E-state index in [-0.39, 0.29) is 0 Å². The molecule has 1 unspecified atom stereocenters. The van der Waals surface area contributed by atoms with Crippen LogP contribution in [0.1, 0.15) is 36.4 Å². The molecular weight excluding hydrogens is 300 g/mol. The minimum absolute atomic E-state index is 0.373. The molecule has 0 aliphatic heterocycles. The number of aliphatic carboxylic acids is 1. The van der Waals surface area contributed by atoms with Gasteiger partial charge in [0.25, 0.3) is 5.91 Å². The third-order valence-electron chi connectivity index (χ3n) is 3.36. The predicted molar refractivity (Wildman–Crippen MR) is 86.0 cm³/mol. The number of nitrogens with one attached hydrogen (secondary N) is 1. The van der Waals surface area contributed by atoms with E-state index in [0.29, 0.717) is 17.7 Å². The maximum absolute atomic E-state index is 12.3. The minimum Gasteiger partial charge on any atom is -0.480 e. The molecule has 1 heterocycles. The Labute approximate surface area is 133 Å². The summed E-state index contributed by atoms with van der Waals surface area (Å²) in [5.41, 5.74) is -0.330. The number of hydrogen-bond acceptors (Lipinski definition) is 4. The summed E-state index contributed by atoms with van der Waals surface area (Å²) in [6.07, 6.45) is 2.52. The molecule has 2 aromatic rings. The van der Waals surface area contributed by atoms with Gasteiger partial charge in [0, 0.05) is 5.56 Å². The molecule has 0 aliphatic carbocycles. The number of carboxylic acid groups (broad SMARTS) is 1. The first-order chi connectivity index (χ1) is 10.5. The van der Waals surface area contributed by atoms with Crippen LogP contribution in [0.3, 0.4) is 0 Å². The molecule has 0 fully saturated rings. The van der Waals surface area contributed by atoms with Crippen LogP contribution >= 0.6 is 11.3 Å². The van der Waals surface area contributed by atoms with Crippen molar-refractivity contribution in [2.75, 3.05) is 0 Å². The number of hydrogen-bond donors (Lipinski definition) is 2. The summed E-state index contributed by atoms with van der Waals surface area (Å²) in [6, 6.07) is 9.55. The number of rotatable bonds is 6. The zero-order valence-corrected chi connectivity index (χ0v) is 13.3. The summed E-state index contributed by atoms with van der Waals surface area (Å²) in [6.45, 7) is 3.41. The highest BCUT2D eigenvalue weighted by Gasteiger charge is 2.34. The molecule has 5 nitrogen and oxygen atoms in total. The largest absolute Gasteiger partial charge is 0.480 e. The van der Waals surface area contributed by atoms with E-state index in [4.69, 9.17) is 0 Å². The quantitative estimate of drug-likeness (QED) is 0.857. The van der Waals surface area contributed by atoms with Gasteiger partial charge in [-0.05, 0) is 13.3 Å². The number of thiazole rings is 1. The molecule has 0 saturated heterocycles. The Hall–Kier alpha value is -2.21. The van der Waals surface area contributed by atoms with Gasteiger partial charge in [0.1, 0.15) is 15.4 Å². The molecule has 0 radical (unpaired) electrons. The Balaban J connectivity index is 2.17. The van der Waals surface area contributed by atoms with Gasteiger partial charge >= 0.3 is 5.97 Å². The molecule has 0 spiro atoms. The van der Waals surface area contributed by atoms with Crippen LogP contribution in [0.4, 0.5) is 0 Å². The molecule has 0 aliphatic rings. The summed E-state index contributed by atoms with van der Waals surface area (Å²) >= 11 is 1.25. The predicted octanol–water partition coefficient (Wildman–Crippen LogP) is 3.18. The zero-order valence-electron chi connectivity index (χ0n) is 12.5. The van der Waals surface area contributed by atoms with Gasteiger partial charge in [-0.1, -0.05) is 43.7 Å². The van der Waals surface area contributed by atoms with Gasteiger partial charge in [-0.25, -0.2) is 9.78 Å². The van der Waals surface area contributed by atoms with E-state index in [1.54, 1.807) is 0 Å². The Morgan fingerprint density at radius 2 is 2.00 bits per heavy atom. The third kappa shape index (κ3) is 3.51. The lowest BCUT2D eigenvalue weighted by atomic mass is 9.96. The molecule has 1 aromatic carbocycles. The number of nitrogens with zero attached hydrogens (tertiary/aromatic N) is 1. The highest BCUT2D eigenvalue weighted by molar-refractivity contribution is 7.16. The van der Waals surface area contributed by atoms with E-state index < -0.39 is 17.4 Å². The summed E-state index contributed by atoms with van der Waals surface area (Å²) in [5.74, 6) is -1.44. The van der Waals surface area contributed by atoms with Crippen LogP contribution in [-0.2, 0) is 4.79 Å². The number of benzene rings is 1. The highest BCUT2D eigenvalue weighted by Crippen LogP contribution is 2.25. The lowest BCUT2D eigenvalue weighted by Crippen LogP contribution is -2.51. The molecule has 6 heteroatoms. The van der Waals surface area contributed by atoms with E-state index in [1.807, 2.05) is 37.3 Å². The summed E-state index contributed by atoms with van der Waals surface area (Å²) in [4.78, 5) is 28.3. The lowest BCUT2D eigenvalue weighted by Gasteiger charge is -2.25. The fourth-order valence-electron chi connectivity index (χ4n) is 2.13. The molecule has 22 heavy (non-hydrogen) atoms. The Morgan fingerprint density at radius 3 is 2.59 bits per heavy atom. The fraction of sp³-hybridized carbons (Fsp3) is 0.312. The molecular formula is C16H18N2O3S. The number of carbonyl (C=O) groups is 2. The average Bonchev–Trinajstić information content (AvgIpc) is 2.98. The van der Waals surface area contributed by atoms with Crippen LogP contribution in [0.2, 0.25) is 0 Å². The first-order valence-corrected chi connectivity index (χ1v) is 7.85. The molecule has 1 amide bonds. The van der Waals surface area contributed by atoms with Crippen LogP contribution in [-0.4, -0.2) is 27.5 Å². The number of amides is 1. The van der Waals surface area contributed by atoms with Crippen molar-refractivity contribution in [2.45, 2.75) is 32.2 Å². The SMILES string of the molecule is CCCC(C)(NC(=O)c1cnc(-c2ccccc2)s1)C(=O)O. The van der Waals surface area contributed by atoms with Gasteiger partial charge in [0.05, 0.1) is 6.20 Å². The normalized spacial score (nSPS) is 13.4. The summed E-state index contributed by atoms with van der Waals surface area (Å²) in [7, 11) is 0. The van der Waals surface area contributed by atoms with E-state index in [1.165, 1.54) is 24.5 Å². The van der Waals surface area contributed by atoms with Crippen LogP contribution < -0.4 is 5.32 Å². The van der Waals surface area contributed by atoms with Crippen LogP contribution in [0.15, 0.2) is 36.5 Å². The van der Waals surface area contributed by atoms with Crippen molar-refractivity contribution in [3.63, 3.8) is 0 Å². The van der Waals surface area contributed by atoms with Crippen molar-refractivity contribution in [1.29, 1.82) is 0 Å². The van der Waals surface area contributed by atoms with Gasteiger partial charge in [-0.2, -0.15) is 0 Å².